The van der Waals surface area contributed by atoms with Crippen LogP contribution in [0.4, 0.5) is 5.69 Å². The van der Waals surface area contributed by atoms with E-state index in [0.717, 1.165) is 62.3 Å². The number of ether oxygens (including phenoxy) is 1. The van der Waals surface area contributed by atoms with Crippen LogP contribution in [-0.2, 0) is 4.74 Å². The van der Waals surface area contributed by atoms with Gasteiger partial charge in [-0.15, -0.1) is 0 Å². The summed E-state index contributed by atoms with van der Waals surface area (Å²) in [6, 6.07) is 2.28. The fourth-order valence-electron chi connectivity index (χ4n) is 3.70. The minimum absolute atomic E-state index is 0.293. The van der Waals surface area contributed by atoms with E-state index in [1.807, 2.05) is 23.1 Å². The van der Waals surface area contributed by atoms with Crippen LogP contribution in [0.2, 0.25) is 5.15 Å². The molecule has 2 saturated heterocycles. The number of hydrogen-bond donors (Lipinski definition) is 1. The third kappa shape index (κ3) is 3.66. The zero-order valence-corrected chi connectivity index (χ0v) is 14.9. The Labute approximate surface area is 152 Å². The highest BCUT2D eigenvalue weighted by atomic mass is 35.5. The van der Waals surface area contributed by atoms with Gasteiger partial charge in [0.25, 0.3) is 0 Å². The second-order valence-corrected chi connectivity index (χ2v) is 7.21. The van der Waals surface area contributed by atoms with Crippen molar-refractivity contribution in [1.29, 1.82) is 0 Å². The van der Waals surface area contributed by atoms with Gasteiger partial charge in [0.15, 0.2) is 0 Å². The van der Waals surface area contributed by atoms with Crippen molar-refractivity contribution in [2.24, 2.45) is 0 Å². The molecule has 0 unspecified atom stereocenters. The molecule has 0 radical (unpaired) electrons. The molecule has 2 aromatic heterocycles. The Morgan fingerprint density at radius 2 is 2.04 bits per heavy atom. The van der Waals surface area contributed by atoms with Crippen molar-refractivity contribution in [2.45, 2.75) is 37.8 Å². The molecule has 4 rings (SSSR count). The van der Waals surface area contributed by atoms with E-state index in [0.29, 0.717) is 17.7 Å². The molecule has 2 aliphatic rings. The number of pyridine rings is 1. The number of halogens is 1. The van der Waals surface area contributed by atoms with Gasteiger partial charge in [0, 0.05) is 55.5 Å². The Kier molecular flexibility index (Phi) is 4.92. The Hall–Kier alpha value is -1.63. The number of hydrogen-bond acceptors (Lipinski definition) is 5. The van der Waals surface area contributed by atoms with Crippen LogP contribution in [-0.4, -0.2) is 52.3 Å². The van der Waals surface area contributed by atoms with Gasteiger partial charge in [0.2, 0.25) is 0 Å². The zero-order valence-electron chi connectivity index (χ0n) is 14.1. The monoisotopic (exact) mass is 362 g/mol. The van der Waals surface area contributed by atoms with Crippen molar-refractivity contribution in [1.82, 2.24) is 14.8 Å². The number of piperidine rings is 1. The van der Waals surface area contributed by atoms with Crippen LogP contribution in [0.15, 0.2) is 24.7 Å². The molecule has 7 heteroatoms. The van der Waals surface area contributed by atoms with Gasteiger partial charge in [-0.05, 0) is 31.7 Å². The molecule has 2 aliphatic heterocycles. The minimum Gasteiger partial charge on any atom is -0.391 e. The van der Waals surface area contributed by atoms with Gasteiger partial charge in [-0.1, -0.05) is 11.6 Å². The summed E-state index contributed by atoms with van der Waals surface area (Å²) in [5.41, 5.74) is 3.06. The molecule has 0 bridgehead atoms. The highest BCUT2D eigenvalue weighted by Gasteiger charge is 2.23. The van der Waals surface area contributed by atoms with Crippen molar-refractivity contribution in [3.63, 3.8) is 0 Å². The van der Waals surface area contributed by atoms with E-state index in [1.54, 1.807) is 0 Å². The Balaban J connectivity index is 1.64. The van der Waals surface area contributed by atoms with Crippen LogP contribution >= 0.6 is 11.6 Å². The minimum atomic E-state index is -0.293. The van der Waals surface area contributed by atoms with E-state index in [2.05, 4.69) is 21.2 Å². The maximum Gasteiger partial charge on any atom is 0.131 e. The van der Waals surface area contributed by atoms with Gasteiger partial charge < -0.3 is 14.7 Å². The molecule has 1 N–H and O–H groups in total. The van der Waals surface area contributed by atoms with Crippen molar-refractivity contribution >= 4 is 17.3 Å². The Morgan fingerprint density at radius 1 is 1.20 bits per heavy atom. The smallest absolute Gasteiger partial charge is 0.131 e. The number of rotatable bonds is 3. The number of aromatic nitrogens is 3. The first-order valence-electron chi connectivity index (χ1n) is 8.91. The maximum atomic E-state index is 10.0. The van der Waals surface area contributed by atoms with Crippen molar-refractivity contribution in [3.8, 4) is 11.1 Å². The summed E-state index contributed by atoms with van der Waals surface area (Å²) in [5.74, 6) is 0. The lowest BCUT2D eigenvalue weighted by Crippen LogP contribution is -2.38. The standard InChI is InChI=1S/C18H23ClN4O2/c19-18-8-17(22-5-1-2-15(24)12-22)16(10-20-18)13-9-21-23(11-13)14-3-6-25-7-4-14/h8-11,14-15,24H,1-7,12H2/t15-/m0/s1. The highest BCUT2D eigenvalue weighted by Crippen LogP contribution is 2.34. The van der Waals surface area contributed by atoms with E-state index in [9.17, 15) is 5.11 Å². The van der Waals surface area contributed by atoms with Crippen LogP contribution in [0.25, 0.3) is 11.1 Å². The second-order valence-electron chi connectivity index (χ2n) is 6.82. The molecule has 2 aromatic rings. The summed E-state index contributed by atoms with van der Waals surface area (Å²) in [7, 11) is 0. The van der Waals surface area contributed by atoms with Gasteiger partial charge in [-0.3, -0.25) is 4.68 Å². The maximum absolute atomic E-state index is 10.0. The van der Waals surface area contributed by atoms with Crippen molar-refractivity contribution in [3.05, 3.63) is 29.8 Å². The topological polar surface area (TPSA) is 63.4 Å². The molecule has 0 aliphatic carbocycles. The van der Waals surface area contributed by atoms with E-state index < -0.39 is 0 Å². The van der Waals surface area contributed by atoms with Gasteiger partial charge in [0.1, 0.15) is 5.15 Å². The summed E-state index contributed by atoms with van der Waals surface area (Å²) >= 11 is 6.15. The number of β-amino-alcohol motifs (C(OH)–C–C–N with tert-alkyl or cyclic N) is 1. The van der Waals surface area contributed by atoms with Gasteiger partial charge >= 0.3 is 0 Å². The third-order valence-corrected chi connectivity index (χ3v) is 5.27. The summed E-state index contributed by atoms with van der Waals surface area (Å²) in [4.78, 5) is 6.47. The molecule has 0 saturated carbocycles. The number of aliphatic hydroxyl groups is 1. The Bertz CT molecular complexity index is 730. The summed E-state index contributed by atoms with van der Waals surface area (Å²) in [6.45, 7) is 3.12. The SMILES string of the molecule is O[C@H]1CCCN(c2cc(Cl)ncc2-c2cnn(C3CCOCC3)c2)C1. The molecule has 25 heavy (non-hydrogen) atoms. The second kappa shape index (κ2) is 7.32. The summed E-state index contributed by atoms with van der Waals surface area (Å²) in [5, 5.41) is 15.1. The average molecular weight is 363 g/mol. The molecule has 134 valence electrons. The fourth-order valence-corrected chi connectivity index (χ4v) is 3.86. The fraction of sp³-hybridized carbons (Fsp3) is 0.556. The lowest BCUT2D eigenvalue weighted by molar-refractivity contribution is 0.0662. The van der Waals surface area contributed by atoms with Gasteiger partial charge in [0.05, 0.1) is 18.3 Å². The molecule has 4 heterocycles. The zero-order chi connectivity index (χ0) is 17.2. The molecule has 2 fully saturated rings. The predicted octanol–water partition coefficient (Wildman–Crippen LogP) is 2.91. The van der Waals surface area contributed by atoms with Crippen molar-refractivity contribution in [2.75, 3.05) is 31.2 Å². The predicted molar refractivity (Wildman–Crippen MR) is 97.0 cm³/mol. The van der Waals surface area contributed by atoms with Gasteiger partial charge in [-0.25, -0.2) is 4.98 Å². The molecule has 0 amide bonds. The summed E-state index contributed by atoms with van der Waals surface area (Å²) in [6.07, 6.45) is 9.31. The molecular formula is C18H23ClN4O2. The van der Waals surface area contributed by atoms with E-state index in [4.69, 9.17) is 16.3 Å². The molecule has 0 spiro atoms. The lowest BCUT2D eigenvalue weighted by atomic mass is 10.0. The number of anilines is 1. The highest BCUT2D eigenvalue weighted by molar-refractivity contribution is 6.29. The molecule has 0 aromatic carbocycles. The van der Waals surface area contributed by atoms with Crippen LogP contribution in [0.1, 0.15) is 31.7 Å². The first-order chi connectivity index (χ1) is 12.2. The van der Waals surface area contributed by atoms with Gasteiger partial charge in [-0.2, -0.15) is 5.10 Å². The quantitative estimate of drug-likeness (QED) is 0.850. The normalized spacial score (nSPS) is 22.3. The van der Waals surface area contributed by atoms with E-state index >= 15 is 0 Å². The summed E-state index contributed by atoms with van der Waals surface area (Å²) < 4.78 is 7.48. The largest absolute Gasteiger partial charge is 0.391 e. The van der Waals surface area contributed by atoms with Crippen LogP contribution in [0.3, 0.4) is 0 Å². The lowest BCUT2D eigenvalue weighted by Gasteiger charge is -2.33. The van der Waals surface area contributed by atoms with E-state index in [-0.39, 0.29) is 6.10 Å². The van der Waals surface area contributed by atoms with Crippen LogP contribution in [0.5, 0.6) is 0 Å². The van der Waals surface area contributed by atoms with E-state index in [1.165, 1.54) is 0 Å². The third-order valence-electron chi connectivity index (χ3n) is 5.06. The molecular weight excluding hydrogens is 340 g/mol. The number of nitrogens with zero attached hydrogens (tertiary/aromatic N) is 4. The van der Waals surface area contributed by atoms with Crippen molar-refractivity contribution < 1.29 is 9.84 Å². The first kappa shape index (κ1) is 16.8. The number of aliphatic hydroxyl groups excluding tert-OH is 1. The van der Waals surface area contributed by atoms with Crippen LogP contribution in [0, 0.1) is 0 Å². The first-order valence-corrected chi connectivity index (χ1v) is 9.29. The molecule has 6 nitrogen and oxygen atoms in total. The van der Waals surface area contributed by atoms with Crippen LogP contribution < -0.4 is 4.90 Å². The molecule has 1 atom stereocenters. The average Bonchev–Trinajstić information content (AvgIpc) is 3.12. The Morgan fingerprint density at radius 3 is 2.84 bits per heavy atom.